The van der Waals surface area contributed by atoms with Crippen LogP contribution < -0.4 is 10.6 Å². The van der Waals surface area contributed by atoms with E-state index in [9.17, 15) is 4.79 Å². The molecular formula is C19H25N5O2. The van der Waals surface area contributed by atoms with Crippen molar-refractivity contribution in [3.63, 3.8) is 0 Å². The summed E-state index contributed by atoms with van der Waals surface area (Å²) in [4.78, 5) is 16.6. The van der Waals surface area contributed by atoms with Crippen LogP contribution in [0.3, 0.4) is 0 Å². The molecule has 1 atom stereocenters. The number of nitrogens with zero attached hydrogens (tertiary/aromatic N) is 3. The summed E-state index contributed by atoms with van der Waals surface area (Å²) in [5, 5.41) is 14.7. The van der Waals surface area contributed by atoms with Gasteiger partial charge in [-0.3, -0.25) is 4.79 Å². The van der Waals surface area contributed by atoms with Crippen molar-refractivity contribution in [2.24, 2.45) is 5.92 Å². The number of anilines is 1. The first-order valence-corrected chi connectivity index (χ1v) is 9.40. The van der Waals surface area contributed by atoms with Gasteiger partial charge in [0.15, 0.2) is 0 Å². The Hall–Kier alpha value is -2.44. The van der Waals surface area contributed by atoms with E-state index in [1.165, 1.54) is 12.8 Å². The third-order valence-electron chi connectivity index (χ3n) is 5.70. The number of hydrogen-bond acceptors (Lipinski definition) is 6. The van der Waals surface area contributed by atoms with Crippen LogP contribution in [-0.2, 0) is 10.2 Å². The van der Waals surface area contributed by atoms with Crippen molar-refractivity contribution in [1.29, 1.82) is 0 Å². The van der Waals surface area contributed by atoms with Crippen molar-refractivity contribution in [2.45, 2.75) is 57.4 Å². The number of carbonyl (C=O) groups is 1. The van der Waals surface area contributed by atoms with Crippen molar-refractivity contribution in [3.8, 4) is 11.5 Å². The summed E-state index contributed by atoms with van der Waals surface area (Å²) >= 11 is 0. The molecule has 26 heavy (non-hydrogen) atoms. The molecule has 4 rings (SSSR count). The standard InChI is InChI=1S/C19H25N5O2/c1-12-5-7-13(8-6-12)22-15-14(4-3-10-20-15)16-23-24-18(26-16)19(2)9-11-21-17(19)25/h3-4,10,12-13H,5-9,11H2,1-2H3,(H,20,22)(H,21,25)/t12?,13?,19-/m0/s1. The first-order valence-electron chi connectivity index (χ1n) is 9.40. The molecule has 7 nitrogen and oxygen atoms in total. The van der Waals surface area contributed by atoms with E-state index in [-0.39, 0.29) is 5.91 Å². The summed E-state index contributed by atoms with van der Waals surface area (Å²) in [6.45, 7) is 4.78. The van der Waals surface area contributed by atoms with E-state index in [0.717, 1.165) is 30.1 Å². The number of pyridine rings is 1. The molecule has 0 unspecified atom stereocenters. The molecule has 2 N–H and O–H groups in total. The minimum Gasteiger partial charge on any atom is -0.419 e. The molecule has 0 bridgehead atoms. The van der Waals surface area contributed by atoms with E-state index >= 15 is 0 Å². The van der Waals surface area contributed by atoms with Gasteiger partial charge in [0, 0.05) is 18.8 Å². The Labute approximate surface area is 153 Å². The van der Waals surface area contributed by atoms with E-state index in [1.807, 2.05) is 19.1 Å². The smallest absolute Gasteiger partial charge is 0.251 e. The van der Waals surface area contributed by atoms with Gasteiger partial charge in [-0.2, -0.15) is 0 Å². The first kappa shape index (κ1) is 17.0. The predicted octanol–water partition coefficient (Wildman–Crippen LogP) is 2.90. The van der Waals surface area contributed by atoms with Gasteiger partial charge < -0.3 is 15.1 Å². The van der Waals surface area contributed by atoms with Crippen LogP contribution in [0.25, 0.3) is 11.5 Å². The number of nitrogens with one attached hydrogen (secondary N) is 2. The molecular weight excluding hydrogens is 330 g/mol. The van der Waals surface area contributed by atoms with Crippen molar-refractivity contribution < 1.29 is 9.21 Å². The lowest BCUT2D eigenvalue weighted by Gasteiger charge is -2.27. The Morgan fingerprint density at radius 2 is 2.08 bits per heavy atom. The van der Waals surface area contributed by atoms with Crippen LogP contribution in [0.15, 0.2) is 22.7 Å². The lowest BCUT2D eigenvalue weighted by molar-refractivity contribution is -0.124. The van der Waals surface area contributed by atoms with Crippen LogP contribution in [0.5, 0.6) is 0 Å². The predicted molar refractivity (Wildman–Crippen MR) is 97.6 cm³/mol. The summed E-state index contributed by atoms with van der Waals surface area (Å²) in [5.74, 6) is 2.27. The maximum atomic E-state index is 12.1. The number of amides is 1. The largest absolute Gasteiger partial charge is 0.419 e. The lowest BCUT2D eigenvalue weighted by atomic mass is 9.87. The average Bonchev–Trinajstić information content (AvgIpc) is 3.26. The highest BCUT2D eigenvalue weighted by atomic mass is 16.4. The van der Waals surface area contributed by atoms with E-state index in [0.29, 0.717) is 30.8 Å². The van der Waals surface area contributed by atoms with Gasteiger partial charge in [-0.05, 0) is 57.1 Å². The lowest BCUT2D eigenvalue weighted by Crippen LogP contribution is -2.32. The number of carbonyl (C=O) groups excluding carboxylic acids is 1. The summed E-state index contributed by atoms with van der Waals surface area (Å²) in [6.07, 6.45) is 7.18. The fraction of sp³-hybridized carbons (Fsp3) is 0.579. The van der Waals surface area contributed by atoms with Gasteiger partial charge in [-0.1, -0.05) is 6.92 Å². The van der Waals surface area contributed by atoms with Crippen LogP contribution in [-0.4, -0.2) is 33.7 Å². The van der Waals surface area contributed by atoms with Gasteiger partial charge in [-0.15, -0.1) is 10.2 Å². The average molecular weight is 355 g/mol. The highest BCUT2D eigenvalue weighted by molar-refractivity contribution is 5.88. The van der Waals surface area contributed by atoms with Crippen molar-refractivity contribution >= 4 is 11.7 Å². The van der Waals surface area contributed by atoms with Crippen LogP contribution in [0, 0.1) is 5.92 Å². The molecule has 2 aromatic rings. The second-order valence-corrected chi connectivity index (χ2v) is 7.75. The van der Waals surface area contributed by atoms with E-state index < -0.39 is 5.41 Å². The molecule has 1 aliphatic heterocycles. The van der Waals surface area contributed by atoms with Crippen molar-refractivity contribution in [3.05, 3.63) is 24.2 Å². The number of aromatic nitrogens is 3. The Morgan fingerprint density at radius 3 is 2.81 bits per heavy atom. The summed E-state index contributed by atoms with van der Waals surface area (Å²) in [5.41, 5.74) is 0.0347. The van der Waals surface area contributed by atoms with Gasteiger partial charge in [0.25, 0.3) is 5.89 Å². The molecule has 0 radical (unpaired) electrons. The molecule has 2 aromatic heterocycles. The second-order valence-electron chi connectivity index (χ2n) is 7.75. The molecule has 0 aromatic carbocycles. The summed E-state index contributed by atoms with van der Waals surface area (Å²) in [6, 6.07) is 4.20. The second kappa shape index (κ2) is 6.70. The van der Waals surface area contributed by atoms with Gasteiger partial charge in [-0.25, -0.2) is 4.98 Å². The molecule has 7 heteroatoms. The Morgan fingerprint density at radius 1 is 1.27 bits per heavy atom. The molecule has 1 amide bonds. The van der Waals surface area contributed by atoms with Crippen LogP contribution in [0.4, 0.5) is 5.82 Å². The Balaban J connectivity index is 1.58. The van der Waals surface area contributed by atoms with Gasteiger partial charge in [0.1, 0.15) is 11.2 Å². The maximum Gasteiger partial charge on any atom is 0.251 e. The third-order valence-corrected chi connectivity index (χ3v) is 5.70. The van der Waals surface area contributed by atoms with Crippen molar-refractivity contribution in [2.75, 3.05) is 11.9 Å². The first-order chi connectivity index (χ1) is 12.6. The summed E-state index contributed by atoms with van der Waals surface area (Å²) < 4.78 is 5.91. The number of hydrogen-bond donors (Lipinski definition) is 2. The molecule has 2 aliphatic rings. The van der Waals surface area contributed by atoms with E-state index in [4.69, 9.17) is 4.42 Å². The SMILES string of the molecule is CC1CCC(Nc2ncccc2-c2nnc([C@@]3(C)CCNC3=O)o2)CC1. The van der Waals surface area contributed by atoms with Crippen molar-refractivity contribution in [1.82, 2.24) is 20.5 Å². The molecule has 1 aliphatic carbocycles. The van der Waals surface area contributed by atoms with E-state index in [1.54, 1.807) is 6.20 Å². The topological polar surface area (TPSA) is 92.9 Å². The molecule has 1 saturated heterocycles. The van der Waals surface area contributed by atoms with Gasteiger partial charge in [0.05, 0.1) is 5.56 Å². The van der Waals surface area contributed by atoms with Crippen LogP contribution >= 0.6 is 0 Å². The fourth-order valence-electron chi connectivity index (χ4n) is 3.78. The Kier molecular flexibility index (Phi) is 4.38. The molecule has 1 saturated carbocycles. The highest BCUT2D eigenvalue weighted by Crippen LogP contribution is 2.34. The van der Waals surface area contributed by atoms with Crippen LogP contribution in [0.2, 0.25) is 0 Å². The van der Waals surface area contributed by atoms with E-state index in [2.05, 4.69) is 32.7 Å². The normalized spacial score (nSPS) is 28.8. The zero-order valence-electron chi connectivity index (χ0n) is 15.3. The Bertz CT molecular complexity index is 797. The monoisotopic (exact) mass is 355 g/mol. The minimum atomic E-state index is -0.749. The fourth-order valence-corrected chi connectivity index (χ4v) is 3.78. The molecule has 2 fully saturated rings. The maximum absolute atomic E-state index is 12.1. The zero-order valence-corrected chi connectivity index (χ0v) is 15.3. The summed E-state index contributed by atoms with van der Waals surface area (Å²) in [7, 11) is 0. The third kappa shape index (κ3) is 3.06. The van der Waals surface area contributed by atoms with Gasteiger partial charge >= 0.3 is 0 Å². The molecule has 3 heterocycles. The molecule has 0 spiro atoms. The quantitative estimate of drug-likeness (QED) is 0.876. The zero-order chi connectivity index (χ0) is 18.1. The van der Waals surface area contributed by atoms with Gasteiger partial charge in [0.2, 0.25) is 11.8 Å². The number of rotatable bonds is 4. The highest BCUT2D eigenvalue weighted by Gasteiger charge is 2.44. The van der Waals surface area contributed by atoms with Crippen LogP contribution in [0.1, 0.15) is 51.8 Å². The molecule has 138 valence electrons. The minimum absolute atomic E-state index is 0.0615.